The summed E-state index contributed by atoms with van der Waals surface area (Å²) in [5, 5.41) is 6.62. The Bertz CT molecular complexity index is 374. The molecule has 0 fully saturated rings. The largest absolute Gasteiger partial charge is 0.285 e. The smallest absolute Gasteiger partial charge is 0.0559 e. The summed E-state index contributed by atoms with van der Waals surface area (Å²) < 4.78 is 0. The molecule has 2 aromatic rings. The lowest BCUT2D eigenvalue weighted by Crippen LogP contribution is -1.68. The highest BCUT2D eigenvalue weighted by Gasteiger charge is 1.86. The van der Waals surface area contributed by atoms with Crippen LogP contribution in [0.15, 0.2) is 42.7 Å². The average Bonchev–Trinajstić information content (AvgIpc) is 2.69. The third-order valence-corrected chi connectivity index (χ3v) is 1.79. The van der Waals surface area contributed by atoms with E-state index in [4.69, 9.17) is 0 Å². The van der Waals surface area contributed by atoms with E-state index in [1.165, 1.54) is 5.56 Å². The molecule has 0 aliphatic heterocycles. The Morgan fingerprint density at radius 3 is 2.46 bits per heavy atom. The van der Waals surface area contributed by atoms with Gasteiger partial charge in [-0.2, -0.15) is 5.10 Å². The van der Waals surface area contributed by atoms with E-state index in [1.54, 1.807) is 6.20 Å². The Hall–Kier alpha value is -1.83. The SMILES string of the molecule is C(=C\c1cn[nH]c1)/c1ccccc1. The second kappa shape index (κ2) is 3.72. The maximum Gasteiger partial charge on any atom is 0.0559 e. The first-order valence-corrected chi connectivity index (χ1v) is 4.17. The van der Waals surface area contributed by atoms with Crippen LogP contribution in [-0.4, -0.2) is 10.2 Å². The third kappa shape index (κ3) is 2.06. The van der Waals surface area contributed by atoms with Gasteiger partial charge in [0.1, 0.15) is 0 Å². The fraction of sp³-hybridized carbons (Fsp3) is 0. The molecule has 0 saturated carbocycles. The van der Waals surface area contributed by atoms with Gasteiger partial charge >= 0.3 is 0 Å². The van der Waals surface area contributed by atoms with E-state index in [9.17, 15) is 0 Å². The molecule has 2 rings (SSSR count). The molecule has 0 atom stereocenters. The van der Waals surface area contributed by atoms with Crippen molar-refractivity contribution >= 4 is 12.2 Å². The fourth-order valence-corrected chi connectivity index (χ4v) is 1.11. The van der Waals surface area contributed by atoms with Crippen molar-refractivity contribution in [1.82, 2.24) is 10.2 Å². The predicted octanol–water partition coefficient (Wildman–Crippen LogP) is 2.58. The molecule has 1 N–H and O–H groups in total. The molecule has 0 spiro atoms. The van der Waals surface area contributed by atoms with Gasteiger partial charge in [-0.15, -0.1) is 0 Å². The maximum atomic E-state index is 3.86. The molecule has 0 unspecified atom stereocenters. The lowest BCUT2D eigenvalue weighted by Gasteiger charge is -1.89. The van der Waals surface area contributed by atoms with Crippen LogP contribution < -0.4 is 0 Å². The van der Waals surface area contributed by atoms with Gasteiger partial charge in [0.15, 0.2) is 0 Å². The molecule has 0 amide bonds. The average molecular weight is 170 g/mol. The van der Waals surface area contributed by atoms with E-state index in [2.05, 4.69) is 28.4 Å². The van der Waals surface area contributed by atoms with E-state index in [1.807, 2.05) is 30.5 Å². The summed E-state index contributed by atoms with van der Waals surface area (Å²) in [5.74, 6) is 0. The fourth-order valence-electron chi connectivity index (χ4n) is 1.11. The Kier molecular flexibility index (Phi) is 2.23. The molecular formula is C11H10N2. The molecule has 0 saturated heterocycles. The van der Waals surface area contributed by atoms with Crippen molar-refractivity contribution in [2.75, 3.05) is 0 Å². The topological polar surface area (TPSA) is 28.7 Å². The summed E-state index contributed by atoms with van der Waals surface area (Å²) in [6.07, 6.45) is 7.74. The molecule has 0 aliphatic rings. The number of H-pyrrole nitrogens is 1. The number of aromatic amines is 1. The van der Waals surface area contributed by atoms with Crippen LogP contribution in [0, 0.1) is 0 Å². The highest BCUT2D eigenvalue weighted by atomic mass is 15.1. The lowest BCUT2D eigenvalue weighted by atomic mass is 10.2. The van der Waals surface area contributed by atoms with Gasteiger partial charge in [-0.05, 0) is 5.56 Å². The molecule has 0 bridgehead atoms. The molecule has 64 valence electrons. The molecule has 1 aromatic heterocycles. The van der Waals surface area contributed by atoms with Crippen molar-refractivity contribution in [3.63, 3.8) is 0 Å². The van der Waals surface area contributed by atoms with Crippen LogP contribution in [0.3, 0.4) is 0 Å². The summed E-state index contributed by atoms with van der Waals surface area (Å²) >= 11 is 0. The standard InChI is InChI=1S/C11H10N2/c1-2-4-10(5-3-1)6-7-11-8-12-13-9-11/h1-9H,(H,12,13)/b7-6+. The van der Waals surface area contributed by atoms with Crippen LogP contribution in [0.25, 0.3) is 12.2 Å². The van der Waals surface area contributed by atoms with Crippen LogP contribution >= 0.6 is 0 Å². The van der Waals surface area contributed by atoms with E-state index in [0.29, 0.717) is 0 Å². The third-order valence-electron chi connectivity index (χ3n) is 1.79. The summed E-state index contributed by atoms with van der Waals surface area (Å²) in [7, 11) is 0. The van der Waals surface area contributed by atoms with Gasteiger partial charge in [0, 0.05) is 11.8 Å². The maximum absolute atomic E-state index is 3.86. The molecular weight excluding hydrogens is 160 g/mol. The van der Waals surface area contributed by atoms with Gasteiger partial charge in [0.05, 0.1) is 6.20 Å². The predicted molar refractivity (Wildman–Crippen MR) is 54.0 cm³/mol. The second-order valence-electron chi connectivity index (χ2n) is 2.78. The lowest BCUT2D eigenvalue weighted by molar-refractivity contribution is 1.09. The minimum atomic E-state index is 1.09. The molecule has 2 heteroatoms. The van der Waals surface area contributed by atoms with E-state index < -0.39 is 0 Å². The van der Waals surface area contributed by atoms with Crippen LogP contribution in [0.1, 0.15) is 11.1 Å². The zero-order valence-corrected chi connectivity index (χ0v) is 7.14. The second-order valence-corrected chi connectivity index (χ2v) is 2.78. The van der Waals surface area contributed by atoms with E-state index in [-0.39, 0.29) is 0 Å². The Balaban J connectivity index is 2.15. The van der Waals surface area contributed by atoms with Crippen molar-refractivity contribution in [3.8, 4) is 0 Å². The Morgan fingerprint density at radius 1 is 1.00 bits per heavy atom. The van der Waals surface area contributed by atoms with Crippen LogP contribution in [0.2, 0.25) is 0 Å². The first kappa shape index (κ1) is 7.80. The van der Waals surface area contributed by atoms with Gasteiger partial charge < -0.3 is 0 Å². The number of rotatable bonds is 2. The van der Waals surface area contributed by atoms with E-state index >= 15 is 0 Å². The normalized spacial score (nSPS) is 10.8. The monoisotopic (exact) mass is 170 g/mol. The number of hydrogen-bond donors (Lipinski definition) is 1. The number of aromatic nitrogens is 2. The van der Waals surface area contributed by atoms with Gasteiger partial charge in [-0.25, -0.2) is 0 Å². The highest BCUT2D eigenvalue weighted by Crippen LogP contribution is 2.05. The Labute approximate surface area is 76.9 Å². The van der Waals surface area contributed by atoms with Crippen LogP contribution in [0.5, 0.6) is 0 Å². The van der Waals surface area contributed by atoms with Gasteiger partial charge in [-0.1, -0.05) is 42.5 Å². The van der Waals surface area contributed by atoms with Gasteiger partial charge in [0.2, 0.25) is 0 Å². The molecule has 13 heavy (non-hydrogen) atoms. The summed E-state index contributed by atoms with van der Waals surface area (Å²) in [6, 6.07) is 10.2. The highest BCUT2D eigenvalue weighted by molar-refractivity contribution is 5.68. The zero-order valence-electron chi connectivity index (χ0n) is 7.14. The first-order valence-electron chi connectivity index (χ1n) is 4.17. The van der Waals surface area contributed by atoms with Crippen molar-refractivity contribution in [2.24, 2.45) is 0 Å². The van der Waals surface area contributed by atoms with Crippen LogP contribution in [0.4, 0.5) is 0 Å². The Morgan fingerprint density at radius 2 is 1.77 bits per heavy atom. The van der Waals surface area contributed by atoms with Gasteiger partial charge in [-0.3, -0.25) is 5.10 Å². The van der Waals surface area contributed by atoms with Gasteiger partial charge in [0.25, 0.3) is 0 Å². The molecule has 2 nitrogen and oxygen atoms in total. The molecule has 1 heterocycles. The molecule has 0 radical (unpaired) electrons. The quantitative estimate of drug-likeness (QED) is 0.737. The van der Waals surface area contributed by atoms with Crippen molar-refractivity contribution in [3.05, 3.63) is 53.9 Å². The zero-order chi connectivity index (χ0) is 8.93. The van der Waals surface area contributed by atoms with E-state index in [0.717, 1.165) is 5.56 Å². The number of nitrogens with one attached hydrogen (secondary N) is 1. The van der Waals surface area contributed by atoms with Crippen LogP contribution in [-0.2, 0) is 0 Å². The molecule has 0 aliphatic carbocycles. The van der Waals surface area contributed by atoms with Crippen molar-refractivity contribution in [1.29, 1.82) is 0 Å². The summed E-state index contributed by atoms with van der Waals surface area (Å²) in [4.78, 5) is 0. The minimum absolute atomic E-state index is 1.09. The summed E-state index contributed by atoms with van der Waals surface area (Å²) in [6.45, 7) is 0. The number of hydrogen-bond acceptors (Lipinski definition) is 1. The summed E-state index contributed by atoms with van der Waals surface area (Å²) in [5.41, 5.74) is 2.28. The minimum Gasteiger partial charge on any atom is -0.285 e. The first-order chi connectivity index (χ1) is 6.45. The molecule has 1 aromatic carbocycles. The number of nitrogens with zero attached hydrogens (tertiary/aromatic N) is 1. The van der Waals surface area contributed by atoms with Crippen molar-refractivity contribution in [2.45, 2.75) is 0 Å². The number of benzene rings is 1. The van der Waals surface area contributed by atoms with Crippen molar-refractivity contribution < 1.29 is 0 Å².